The minimum absolute atomic E-state index is 0.196. The first-order valence-corrected chi connectivity index (χ1v) is 6.03. The third-order valence-electron chi connectivity index (χ3n) is 3.03. The molecule has 0 radical (unpaired) electrons. The van der Waals surface area contributed by atoms with Crippen LogP contribution in [-0.2, 0) is 7.05 Å². The highest BCUT2D eigenvalue weighted by atomic mass is 16.6. The number of furan rings is 1. The van der Waals surface area contributed by atoms with E-state index < -0.39 is 4.92 Å². The molecule has 0 amide bonds. The van der Waals surface area contributed by atoms with Crippen molar-refractivity contribution in [2.45, 2.75) is 0 Å². The lowest BCUT2D eigenvalue weighted by Gasteiger charge is -1.92. The molecular weight excluding hydrogens is 276 g/mol. The van der Waals surface area contributed by atoms with Gasteiger partial charge in [-0.3, -0.25) is 14.7 Å². The van der Waals surface area contributed by atoms with Gasteiger partial charge in [0.1, 0.15) is 4.92 Å². The summed E-state index contributed by atoms with van der Waals surface area (Å²) in [6.07, 6.45) is 1.26. The van der Waals surface area contributed by atoms with E-state index in [2.05, 4.69) is 5.10 Å². The van der Waals surface area contributed by atoms with E-state index in [1.54, 1.807) is 25.2 Å². The Morgan fingerprint density at radius 2 is 1.95 bits per heavy atom. The first kappa shape index (κ1) is 12.9. The van der Waals surface area contributed by atoms with E-state index in [1.165, 1.54) is 27.6 Å². The first-order chi connectivity index (χ1) is 10.1. The van der Waals surface area contributed by atoms with Gasteiger partial charge in [0.15, 0.2) is 5.76 Å². The number of aryl methyl sites for hydroxylation is 1. The van der Waals surface area contributed by atoms with Crippen molar-refractivity contribution in [2.24, 2.45) is 12.1 Å². The van der Waals surface area contributed by atoms with E-state index in [1.807, 2.05) is 6.07 Å². The number of hydrogen-bond donors (Lipinski definition) is 0. The zero-order valence-corrected chi connectivity index (χ0v) is 11.0. The molecule has 8 nitrogen and oxygen atoms in total. The monoisotopic (exact) mass is 286 g/mol. The maximum Gasteiger partial charge on any atom is 0.433 e. The van der Waals surface area contributed by atoms with Crippen LogP contribution in [0.25, 0.3) is 11.0 Å². The van der Waals surface area contributed by atoms with Gasteiger partial charge in [-0.15, -0.1) is 0 Å². The summed E-state index contributed by atoms with van der Waals surface area (Å²) in [4.78, 5) is 22.0. The van der Waals surface area contributed by atoms with Crippen molar-refractivity contribution in [1.29, 1.82) is 0 Å². The molecule has 1 aromatic carbocycles. The molecule has 21 heavy (non-hydrogen) atoms. The number of benzene rings is 1. The van der Waals surface area contributed by atoms with Gasteiger partial charge >= 0.3 is 11.6 Å². The fraction of sp³-hybridized carbons (Fsp3) is 0.0769. The Morgan fingerprint density at radius 1 is 1.24 bits per heavy atom. The molecule has 0 bridgehead atoms. The van der Waals surface area contributed by atoms with Gasteiger partial charge in [-0.25, -0.2) is 4.79 Å². The predicted molar refractivity (Wildman–Crippen MR) is 75.5 cm³/mol. The summed E-state index contributed by atoms with van der Waals surface area (Å²) in [6, 6.07) is 9.83. The fourth-order valence-electron chi connectivity index (χ4n) is 2.01. The molecule has 0 spiro atoms. The summed E-state index contributed by atoms with van der Waals surface area (Å²) >= 11 is 0. The number of para-hydroxylation sites is 2. The van der Waals surface area contributed by atoms with E-state index in [0.29, 0.717) is 5.52 Å². The third-order valence-corrected chi connectivity index (χ3v) is 3.03. The molecule has 0 aliphatic rings. The summed E-state index contributed by atoms with van der Waals surface area (Å²) in [5.41, 5.74) is 1.07. The molecule has 0 atom stereocenters. The number of hydrogen-bond acceptors (Lipinski definition) is 5. The minimum atomic E-state index is -0.637. The van der Waals surface area contributed by atoms with Crippen molar-refractivity contribution < 1.29 is 9.34 Å². The van der Waals surface area contributed by atoms with Crippen LogP contribution in [0.3, 0.4) is 0 Å². The number of nitrogens with zero attached hydrogens (tertiary/aromatic N) is 4. The molecule has 3 aromatic rings. The molecule has 2 heterocycles. The van der Waals surface area contributed by atoms with E-state index in [9.17, 15) is 14.9 Å². The third kappa shape index (κ3) is 2.12. The van der Waals surface area contributed by atoms with Crippen LogP contribution in [0.5, 0.6) is 0 Å². The number of imidazole rings is 1. The molecule has 0 fully saturated rings. The molecule has 2 aromatic heterocycles. The molecule has 0 unspecified atom stereocenters. The second-order valence-corrected chi connectivity index (χ2v) is 4.32. The van der Waals surface area contributed by atoms with Crippen LogP contribution >= 0.6 is 0 Å². The van der Waals surface area contributed by atoms with E-state index in [-0.39, 0.29) is 17.3 Å². The highest BCUT2D eigenvalue weighted by molar-refractivity contribution is 5.79. The topological polar surface area (TPSA) is 95.6 Å². The Balaban J connectivity index is 2.05. The molecule has 3 rings (SSSR count). The Morgan fingerprint density at radius 3 is 2.62 bits per heavy atom. The van der Waals surface area contributed by atoms with Crippen molar-refractivity contribution in [3.8, 4) is 0 Å². The Hall–Kier alpha value is -3.16. The molecular formula is C13H10N4O4. The van der Waals surface area contributed by atoms with Crippen LogP contribution in [-0.4, -0.2) is 20.4 Å². The number of fused-ring (bicyclic) bond motifs is 1. The quantitative estimate of drug-likeness (QED) is 0.416. The average molecular weight is 286 g/mol. The maximum atomic E-state index is 12.1. The van der Waals surface area contributed by atoms with Crippen LogP contribution in [0.2, 0.25) is 0 Å². The Bertz CT molecular complexity index is 916. The normalized spacial score (nSPS) is 11.5. The second-order valence-electron chi connectivity index (χ2n) is 4.32. The van der Waals surface area contributed by atoms with Crippen molar-refractivity contribution in [3.05, 3.63) is 62.8 Å². The van der Waals surface area contributed by atoms with Gasteiger partial charge in [0.25, 0.3) is 0 Å². The smallest absolute Gasteiger partial charge is 0.400 e. The second kappa shape index (κ2) is 4.75. The summed E-state index contributed by atoms with van der Waals surface area (Å²) in [5, 5.41) is 14.6. The van der Waals surface area contributed by atoms with Gasteiger partial charge < -0.3 is 4.42 Å². The highest BCUT2D eigenvalue weighted by Gasteiger charge is 2.11. The van der Waals surface area contributed by atoms with Gasteiger partial charge in [-0.1, -0.05) is 12.1 Å². The molecule has 0 saturated carbocycles. The molecule has 8 heteroatoms. The molecule has 0 saturated heterocycles. The molecule has 0 N–H and O–H groups in total. The lowest BCUT2D eigenvalue weighted by molar-refractivity contribution is -0.402. The van der Waals surface area contributed by atoms with E-state index >= 15 is 0 Å². The van der Waals surface area contributed by atoms with Crippen LogP contribution < -0.4 is 5.69 Å². The number of rotatable bonds is 3. The highest BCUT2D eigenvalue weighted by Crippen LogP contribution is 2.15. The van der Waals surface area contributed by atoms with Crippen LogP contribution in [0.1, 0.15) is 5.76 Å². The molecule has 106 valence electrons. The van der Waals surface area contributed by atoms with Gasteiger partial charge in [0, 0.05) is 7.05 Å². The molecule has 0 aliphatic carbocycles. The van der Waals surface area contributed by atoms with Crippen molar-refractivity contribution in [3.63, 3.8) is 0 Å². The largest absolute Gasteiger partial charge is 0.433 e. The van der Waals surface area contributed by atoms with Crippen molar-refractivity contribution in [1.82, 2.24) is 9.24 Å². The lowest BCUT2D eigenvalue weighted by Crippen LogP contribution is -2.19. The van der Waals surface area contributed by atoms with Crippen LogP contribution in [0.4, 0.5) is 5.88 Å². The van der Waals surface area contributed by atoms with Gasteiger partial charge in [0.05, 0.1) is 23.3 Å². The minimum Gasteiger partial charge on any atom is -0.400 e. The lowest BCUT2D eigenvalue weighted by atomic mass is 10.3. The van der Waals surface area contributed by atoms with Crippen LogP contribution in [0.15, 0.2) is 50.7 Å². The predicted octanol–water partition coefficient (Wildman–Crippen LogP) is 1.72. The van der Waals surface area contributed by atoms with Crippen LogP contribution in [0, 0.1) is 10.1 Å². The number of aromatic nitrogens is 2. The maximum absolute atomic E-state index is 12.1. The SMILES string of the molecule is Cn1c(=O)n(N=Cc2ccc([N+](=O)[O-])o2)c2ccccc21. The van der Waals surface area contributed by atoms with Crippen molar-refractivity contribution in [2.75, 3.05) is 0 Å². The number of nitro groups is 1. The zero-order valence-electron chi connectivity index (χ0n) is 11.0. The Kier molecular flexibility index (Phi) is 2.90. The van der Waals surface area contributed by atoms with Gasteiger partial charge in [-0.2, -0.15) is 9.78 Å². The van der Waals surface area contributed by atoms with E-state index in [0.717, 1.165) is 5.52 Å². The van der Waals surface area contributed by atoms with Gasteiger partial charge in [-0.05, 0) is 18.2 Å². The molecule has 0 aliphatic heterocycles. The summed E-state index contributed by atoms with van der Waals surface area (Å²) < 4.78 is 7.64. The Labute approximate surface area is 117 Å². The average Bonchev–Trinajstić information content (AvgIpc) is 3.04. The zero-order chi connectivity index (χ0) is 15.0. The van der Waals surface area contributed by atoms with E-state index in [4.69, 9.17) is 4.42 Å². The summed E-state index contributed by atoms with van der Waals surface area (Å²) in [5.74, 6) is -0.178. The fourth-order valence-corrected chi connectivity index (χ4v) is 2.01. The van der Waals surface area contributed by atoms with Gasteiger partial charge in [0.2, 0.25) is 0 Å². The van der Waals surface area contributed by atoms with Crippen molar-refractivity contribution >= 4 is 23.1 Å². The first-order valence-electron chi connectivity index (χ1n) is 6.03. The standard InChI is InChI=1S/C13H10N4O4/c1-15-10-4-2-3-5-11(10)16(13(15)18)14-8-9-6-7-12(21-9)17(19)20/h2-8H,1H3. The summed E-state index contributed by atoms with van der Waals surface area (Å²) in [7, 11) is 1.65. The summed E-state index contributed by atoms with van der Waals surface area (Å²) in [6.45, 7) is 0.